The number of hydrogen-bond donors (Lipinski definition) is 1. The summed E-state index contributed by atoms with van der Waals surface area (Å²) in [6.07, 6.45) is 2.13. The Balaban J connectivity index is 1.77. The van der Waals surface area contributed by atoms with Crippen LogP contribution in [0, 0.1) is 0 Å². The van der Waals surface area contributed by atoms with Gasteiger partial charge in [-0.2, -0.15) is 0 Å². The van der Waals surface area contributed by atoms with Crippen molar-refractivity contribution in [3.8, 4) is 5.75 Å². The van der Waals surface area contributed by atoms with Gasteiger partial charge in [0.2, 0.25) is 0 Å². The van der Waals surface area contributed by atoms with E-state index in [2.05, 4.69) is 4.90 Å². The van der Waals surface area contributed by atoms with Crippen molar-refractivity contribution in [1.29, 1.82) is 0 Å². The normalized spacial score (nSPS) is 24.3. The Morgan fingerprint density at radius 2 is 2.00 bits per heavy atom. The molecule has 1 heterocycles. The van der Waals surface area contributed by atoms with Crippen molar-refractivity contribution < 1.29 is 14.7 Å². The third kappa shape index (κ3) is 2.40. The number of benzene rings is 1. The molecule has 2 aliphatic rings. The van der Waals surface area contributed by atoms with E-state index >= 15 is 0 Å². The maximum atomic E-state index is 12.0. The Labute approximate surface area is 112 Å². The van der Waals surface area contributed by atoms with E-state index in [0.29, 0.717) is 18.6 Å². The van der Waals surface area contributed by atoms with Crippen LogP contribution in [0.25, 0.3) is 0 Å². The molecule has 0 spiro atoms. The predicted molar refractivity (Wildman–Crippen MR) is 69.9 cm³/mol. The number of nitrogens with zero attached hydrogens (tertiary/aromatic N) is 1. The Morgan fingerprint density at radius 1 is 1.16 bits per heavy atom. The van der Waals surface area contributed by atoms with E-state index in [0.717, 1.165) is 25.1 Å². The van der Waals surface area contributed by atoms with Gasteiger partial charge < -0.3 is 5.11 Å². The first-order chi connectivity index (χ1) is 9.13. The Kier molecular flexibility index (Phi) is 3.11. The molecule has 1 fully saturated rings. The highest BCUT2D eigenvalue weighted by Crippen LogP contribution is 2.27. The molecular formula is C15H17NO3. The summed E-state index contributed by atoms with van der Waals surface area (Å²) >= 11 is 0. The molecule has 1 unspecified atom stereocenters. The zero-order chi connectivity index (χ0) is 13.4. The van der Waals surface area contributed by atoms with Crippen LogP contribution in [0.3, 0.4) is 0 Å². The molecule has 1 aliphatic heterocycles. The second-order valence-corrected chi connectivity index (χ2v) is 5.41. The number of phenolic OH excluding ortho intramolecular Hbond substituents is 1. The molecule has 19 heavy (non-hydrogen) atoms. The highest BCUT2D eigenvalue weighted by Gasteiger charge is 2.33. The number of fused-ring (bicyclic) bond motifs is 1. The highest BCUT2D eigenvalue weighted by molar-refractivity contribution is 6.03. The second kappa shape index (κ2) is 4.78. The smallest absolute Gasteiger partial charge is 0.157 e. The number of carbonyl (C=O) groups is 2. The fourth-order valence-electron chi connectivity index (χ4n) is 3.07. The minimum atomic E-state index is -0.0975. The SMILES string of the molecule is O=C1CCC(N2CCc3cc(O)ccc3C2)C(=O)C1. The van der Waals surface area contributed by atoms with Crippen molar-refractivity contribution in [1.82, 2.24) is 4.90 Å². The van der Waals surface area contributed by atoms with Crippen LogP contribution in [-0.2, 0) is 22.6 Å². The topological polar surface area (TPSA) is 57.6 Å². The zero-order valence-electron chi connectivity index (χ0n) is 10.8. The van der Waals surface area contributed by atoms with Crippen molar-refractivity contribution in [2.45, 2.75) is 38.3 Å². The molecule has 1 aromatic carbocycles. The molecule has 0 radical (unpaired) electrons. The minimum absolute atomic E-state index is 0.0680. The summed E-state index contributed by atoms with van der Waals surface area (Å²) in [5.74, 6) is 0.439. The standard InChI is InChI=1S/C15H17NO3/c17-12-2-1-11-9-16(6-5-10(11)7-12)14-4-3-13(18)8-15(14)19/h1-2,7,14,17H,3-6,8-9H2. The summed E-state index contributed by atoms with van der Waals surface area (Å²) in [6, 6.07) is 5.32. The molecule has 4 heteroatoms. The molecule has 1 atom stereocenters. The van der Waals surface area contributed by atoms with Crippen LogP contribution >= 0.6 is 0 Å². The molecule has 3 rings (SSSR count). The third-order valence-corrected chi connectivity index (χ3v) is 4.11. The number of carbonyl (C=O) groups excluding carboxylic acids is 2. The van der Waals surface area contributed by atoms with Crippen molar-refractivity contribution in [2.24, 2.45) is 0 Å². The quantitative estimate of drug-likeness (QED) is 0.775. The van der Waals surface area contributed by atoms with Gasteiger partial charge in [0, 0.05) is 19.5 Å². The van der Waals surface area contributed by atoms with Crippen LogP contribution in [0.15, 0.2) is 18.2 Å². The lowest BCUT2D eigenvalue weighted by atomic mass is 9.89. The van der Waals surface area contributed by atoms with E-state index in [1.165, 1.54) is 5.56 Å². The molecular weight excluding hydrogens is 242 g/mol. The van der Waals surface area contributed by atoms with Crippen molar-refractivity contribution in [3.05, 3.63) is 29.3 Å². The number of aromatic hydroxyl groups is 1. The van der Waals surface area contributed by atoms with Gasteiger partial charge in [-0.3, -0.25) is 14.5 Å². The summed E-state index contributed by atoms with van der Waals surface area (Å²) in [5, 5.41) is 9.47. The van der Waals surface area contributed by atoms with E-state index in [4.69, 9.17) is 0 Å². The molecule has 0 aromatic heterocycles. The summed E-state index contributed by atoms with van der Waals surface area (Å²) in [6.45, 7) is 1.56. The van der Waals surface area contributed by atoms with Crippen LogP contribution in [0.4, 0.5) is 0 Å². The largest absolute Gasteiger partial charge is 0.508 e. The first kappa shape index (κ1) is 12.4. The fourth-order valence-corrected chi connectivity index (χ4v) is 3.07. The Bertz CT molecular complexity index is 538. The average molecular weight is 259 g/mol. The van der Waals surface area contributed by atoms with E-state index in [1.807, 2.05) is 6.07 Å². The summed E-state index contributed by atoms with van der Waals surface area (Å²) < 4.78 is 0. The lowest BCUT2D eigenvalue weighted by Crippen LogP contribution is -2.46. The zero-order valence-corrected chi connectivity index (χ0v) is 10.8. The van der Waals surface area contributed by atoms with Crippen LogP contribution in [-0.4, -0.2) is 34.2 Å². The lowest BCUT2D eigenvalue weighted by Gasteiger charge is -2.36. The van der Waals surface area contributed by atoms with Gasteiger partial charge in [-0.1, -0.05) is 6.07 Å². The van der Waals surface area contributed by atoms with Crippen LogP contribution in [0.1, 0.15) is 30.4 Å². The monoisotopic (exact) mass is 259 g/mol. The first-order valence-electron chi connectivity index (χ1n) is 6.73. The summed E-state index contributed by atoms with van der Waals surface area (Å²) in [4.78, 5) is 25.4. The molecule has 1 aromatic rings. The molecule has 1 N–H and O–H groups in total. The fraction of sp³-hybridized carbons (Fsp3) is 0.467. The van der Waals surface area contributed by atoms with Gasteiger partial charge in [-0.25, -0.2) is 0 Å². The van der Waals surface area contributed by atoms with Crippen molar-refractivity contribution in [2.75, 3.05) is 6.54 Å². The number of hydrogen-bond acceptors (Lipinski definition) is 4. The number of ketones is 2. The molecule has 0 amide bonds. The predicted octanol–water partition coefficient (Wildman–Crippen LogP) is 1.44. The van der Waals surface area contributed by atoms with Gasteiger partial charge in [0.15, 0.2) is 5.78 Å². The molecule has 0 bridgehead atoms. The van der Waals surface area contributed by atoms with Crippen LogP contribution in [0.5, 0.6) is 5.75 Å². The van der Waals surface area contributed by atoms with Crippen LogP contribution in [0.2, 0.25) is 0 Å². The van der Waals surface area contributed by atoms with Gasteiger partial charge in [0.1, 0.15) is 11.5 Å². The Hall–Kier alpha value is -1.68. The van der Waals surface area contributed by atoms with Crippen LogP contribution < -0.4 is 0 Å². The van der Waals surface area contributed by atoms with E-state index < -0.39 is 0 Å². The molecule has 1 aliphatic carbocycles. The molecule has 0 saturated heterocycles. The third-order valence-electron chi connectivity index (χ3n) is 4.11. The van der Waals surface area contributed by atoms with E-state index in [1.54, 1.807) is 12.1 Å². The average Bonchev–Trinajstić information content (AvgIpc) is 2.38. The lowest BCUT2D eigenvalue weighted by molar-refractivity contribution is -0.134. The van der Waals surface area contributed by atoms with Gasteiger partial charge in [0.25, 0.3) is 0 Å². The maximum absolute atomic E-state index is 12.0. The van der Waals surface area contributed by atoms with Gasteiger partial charge in [-0.15, -0.1) is 0 Å². The van der Waals surface area contributed by atoms with Crippen molar-refractivity contribution in [3.63, 3.8) is 0 Å². The first-order valence-corrected chi connectivity index (χ1v) is 6.73. The maximum Gasteiger partial charge on any atom is 0.157 e. The summed E-state index contributed by atoms with van der Waals surface area (Å²) in [5.41, 5.74) is 2.34. The highest BCUT2D eigenvalue weighted by atomic mass is 16.3. The Morgan fingerprint density at radius 3 is 2.79 bits per heavy atom. The molecule has 1 saturated carbocycles. The van der Waals surface area contributed by atoms with E-state index in [9.17, 15) is 14.7 Å². The molecule has 4 nitrogen and oxygen atoms in total. The number of Topliss-reactive ketones (excluding diaryl/α,β-unsaturated/α-hetero) is 2. The molecule has 100 valence electrons. The van der Waals surface area contributed by atoms with E-state index in [-0.39, 0.29) is 24.0 Å². The summed E-state index contributed by atoms with van der Waals surface area (Å²) in [7, 11) is 0. The second-order valence-electron chi connectivity index (χ2n) is 5.41. The number of rotatable bonds is 1. The van der Waals surface area contributed by atoms with Gasteiger partial charge in [-0.05, 0) is 36.1 Å². The number of phenols is 1. The van der Waals surface area contributed by atoms with Crippen molar-refractivity contribution >= 4 is 11.6 Å². The van der Waals surface area contributed by atoms with Gasteiger partial charge in [0.05, 0.1) is 12.5 Å². The van der Waals surface area contributed by atoms with Gasteiger partial charge >= 0.3 is 0 Å². The minimum Gasteiger partial charge on any atom is -0.508 e.